The second-order valence-corrected chi connectivity index (χ2v) is 3.45. The largest absolute Gasteiger partial charge is 0.300 e. The molecular weight excluding hydrogens is 186 g/mol. The molecule has 0 aromatic heterocycles. The van der Waals surface area contributed by atoms with E-state index in [1.54, 1.807) is 13.8 Å². The normalized spacial score (nSPS) is 10.4. The molecule has 0 radical (unpaired) electrons. The quantitative estimate of drug-likeness (QED) is 0.714. The first kappa shape index (κ1) is 10.8. The molecule has 0 fully saturated rings. The van der Waals surface area contributed by atoms with Crippen LogP contribution in [0.4, 0.5) is 8.78 Å². The van der Waals surface area contributed by atoms with Crippen molar-refractivity contribution in [3.63, 3.8) is 0 Å². The van der Waals surface area contributed by atoms with Gasteiger partial charge in [0.2, 0.25) is 0 Å². The van der Waals surface area contributed by atoms with E-state index in [0.717, 1.165) is 6.07 Å². The fraction of sp³-hybridized carbons (Fsp3) is 0.364. The first-order valence-corrected chi connectivity index (χ1v) is 4.37. The van der Waals surface area contributed by atoms with Gasteiger partial charge in [-0.25, -0.2) is 8.78 Å². The summed E-state index contributed by atoms with van der Waals surface area (Å²) in [6.45, 7) is 4.52. The van der Waals surface area contributed by atoms with Crippen LogP contribution in [0.15, 0.2) is 6.07 Å². The van der Waals surface area contributed by atoms with Crippen molar-refractivity contribution < 1.29 is 13.6 Å². The van der Waals surface area contributed by atoms with Gasteiger partial charge in [0.1, 0.15) is 17.4 Å². The van der Waals surface area contributed by atoms with E-state index in [2.05, 4.69) is 0 Å². The minimum absolute atomic E-state index is 0.0896. The summed E-state index contributed by atoms with van der Waals surface area (Å²) >= 11 is 0. The van der Waals surface area contributed by atoms with E-state index < -0.39 is 11.6 Å². The molecule has 0 amide bonds. The summed E-state index contributed by atoms with van der Waals surface area (Å²) in [7, 11) is 0. The van der Waals surface area contributed by atoms with Crippen LogP contribution in [-0.2, 0) is 11.2 Å². The van der Waals surface area contributed by atoms with Crippen LogP contribution in [0.1, 0.15) is 23.6 Å². The Bertz CT molecular complexity index is 357. The van der Waals surface area contributed by atoms with Crippen molar-refractivity contribution in [2.75, 3.05) is 0 Å². The molecule has 0 aliphatic carbocycles. The predicted octanol–water partition coefficient (Wildman–Crippen LogP) is 2.71. The van der Waals surface area contributed by atoms with E-state index in [0.29, 0.717) is 16.7 Å². The molecule has 0 saturated heterocycles. The highest BCUT2D eigenvalue weighted by Gasteiger charge is 2.13. The molecule has 0 atom stereocenters. The number of Topliss-reactive ketones (excluding diaryl/α,β-unsaturated/α-hetero) is 1. The van der Waals surface area contributed by atoms with Gasteiger partial charge in [0, 0.05) is 12.5 Å². The van der Waals surface area contributed by atoms with Crippen molar-refractivity contribution in [3.8, 4) is 0 Å². The summed E-state index contributed by atoms with van der Waals surface area (Å²) < 4.78 is 26.2. The second kappa shape index (κ2) is 3.86. The lowest BCUT2D eigenvalue weighted by atomic mass is 9.97. The number of rotatable bonds is 2. The fourth-order valence-electron chi connectivity index (χ4n) is 1.41. The standard InChI is InChI=1S/C11H12F2O/c1-6(14)4-9-7(2)10(12)5-11(13)8(9)3/h5H,4H2,1-3H3. The molecule has 0 aliphatic heterocycles. The van der Waals surface area contributed by atoms with E-state index >= 15 is 0 Å². The summed E-state index contributed by atoms with van der Waals surface area (Å²) in [4.78, 5) is 10.9. The Balaban J connectivity index is 3.31. The molecule has 0 spiro atoms. The highest BCUT2D eigenvalue weighted by Crippen LogP contribution is 2.21. The van der Waals surface area contributed by atoms with Gasteiger partial charge < -0.3 is 0 Å². The highest BCUT2D eigenvalue weighted by molar-refractivity contribution is 5.79. The molecule has 1 aromatic carbocycles. The Kier molecular flexibility index (Phi) is 2.99. The molecule has 76 valence electrons. The molecule has 0 heterocycles. The number of hydrogen-bond donors (Lipinski definition) is 0. The zero-order valence-electron chi connectivity index (χ0n) is 8.45. The maximum absolute atomic E-state index is 13.1. The van der Waals surface area contributed by atoms with E-state index in [9.17, 15) is 13.6 Å². The maximum atomic E-state index is 13.1. The molecule has 14 heavy (non-hydrogen) atoms. The SMILES string of the molecule is CC(=O)Cc1c(C)c(F)cc(F)c1C. The number of ketones is 1. The summed E-state index contributed by atoms with van der Waals surface area (Å²) in [5, 5.41) is 0. The van der Waals surface area contributed by atoms with Crippen LogP contribution in [0.25, 0.3) is 0 Å². The van der Waals surface area contributed by atoms with E-state index in [1.165, 1.54) is 6.92 Å². The van der Waals surface area contributed by atoms with Gasteiger partial charge in [-0.05, 0) is 37.5 Å². The highest BCUT2D eigenvalue weighted by atomic mass is 19.1. The molecule has 1 nitrogen and oxygen atoms in total. The first-order chi connectivity index (χ1) is 6.43. The maximum Gasteiger partial charge on any atom is 0.134 e. The molecule has 0 bridgehead atoms. The van der Waals surface area contributed by atoms with Gasteiger partial charge in [-0.3, -0.25) is 4.79 Å². The average Bonchev–Trinajstić information content (AvgIpc) is 2.09. The van der Waals surface area contributed by atoms with Crippen LogP contribution in [0.3, 0.4) is 0 Å². The minimum atomic E-state index is -0.593. The number of benzene rings is 1. The third-order valence-electron chi connectivity index (χ3n) is 2.30. The van der Waals surface area contributed by atoms with Gasteiger partial charge >= 0.3 is 0 Å². The Morgan fingerprint density at radius 1 is 1.21 bits per heavy atom. The smallest absolute Gasteiger partial charge is 0.134 e. The third kappa shape index (κ3) is 1.97. The zero-order valence-corrected chi connectivity index (χ0v) is 8.45. The summed E-state index contributed by atoms with van der Waals surface area (Å²) in [6, 6.07) is 0.855. The van der Waals surface area contributed by atoms with Crippen molar-refractivity contribution in [3.05, 3.63) is 34.4 Å². The lowest BCUT2D eigenvalue weighted by molar-refractivity contribution is -0.116. The van der Waals surface area contributed by atoms with Crippen LogP contribution in [0.2, 0.25) is 0 Å². The number of halogens is 2. The number of carbonyl (C=O) groups excluding carboxylic acids is 1. The molecule has 0 unspecified atom stereocenters. The summed E-state index contributed by atoms with van der Waals surface area (Å²) in [5.74, 6) is -1.28. The Morgan fingerprint density at radius 2 is 1.64 bits per heavy atom. The second-order valence-electron chi connectivity index (χ2n) is 3.45. The van der Waals surface area contributed by atoms with Gasteiger partial charge in [-0.1, -0.05) is 0 Å². The predicted molar refractivity (Wildman–Crippen MR) is 50.2 cm³/mol. The minimum Gasteiger partial charge on any atom is -0.300 e. The average molecular weight is 198 g/mol. The van der Waals surface area contributed by atoms with Crippen molar-refractivity contribution in [2.45, 2.75) is 27.2 Å². The van der Waals surface area contributed by atoms with Crippen molar-refractivity contribution in [1.82, 2.24) is 0 Å². The number of carbonyl (C=O) groups is 1. The lowest BCUT2D eigenvalue weighted by Gasteiger charge is -2.09. The molecule has 1 aromatic rings. The van der Waals surface area contributed by atoms with Crippen LogP contribution >= 0.6 is 0 Å². The molecule has 1 rings (SSSR count). The topological polar surface area (TPSA) is 17.1 Å². The van der Waals surface area contributed by atoms with Gasteiger partial charge in [0.25, 0.3) is 0 Å². The Labute approximate surface area is 81.7 Å². The molecule has 0 N–H and O–H groups in total. The summed E-state index contributed by atoms with van der Waals surface area (Å²) in [6.07, 6.45) is 0.0896. The van der Waals surface area contributed by atoms with Crippen LogP contribution in [-0.4, -0.2) is 5.78 Å². The van der Waals surface area contributed by atoms with E-state index in [1.807, 2.05) is 0 Å². The fourth-order valence-corrected chi connectivity index (χ4v) is 1.41. The number of hydrogen-bond acceptors (Lipinski definition) is 1. The van der Waals surface area contributed by atoms with Crippen LogP contribution in [0.5, 0.6) is 0 Å². The summed E-state index contributed by atoms with van der Waals surface area (Å²) in [5.41, 5.74) is 1.19. The van der Waals surface area contributed by atoms with Gasteiger partial charge in [-0.2, -0.15) is 0 Å². The van der Waals surface area contributed by atoms with Crippen LogP contribution in [0, 0.1) is 25.5 Å². The molecular formula is C11H12F2O. The van der Waals surface area contributed by atoms with E-state index in [4.69, 9.17) is 0 Å². The van der Waals surface area contributed by atoms with Gasteiger partial charge in [0.05, 0.1) is 0 Å². The first-order valence-electron chi connectivity index (χ1n) is 4.37. The molecule has 3 heteroatoms. The van der Waals surface area contributed by atoms with Crippen LogP contribution < -0.4 is 0 Å². The van der Waals surface area contributed by atoms with Gasteiger partial charge in [-0.15, -0.1) is 0 Å². The van der Waals surface area contributed by atoms with E-state index in [-0.39, 0.29) is 12.2 Å². The molecule has 0 aliphatic rings. The van der Waals surface area contributed by atoms with Gasteiger partial charge in [0.15, 0.2) is 0 Å². The Hall–Kier alpha value is -1.25. The Morgan fingerprint density at radius 3 is 2.00 bits per heavy atom. The van der Waals surface area contributed by atoms with Crippen molar-refractivity contribution >= 4 is 5.78 Å². The van der Waals surface area contributed by atoms with Crippen molar-refractivity contribution in [1.29, 1.82) is 0 Å². The zero-order chi connectivity index (χ0) is 10.9. The monoisotopic (exact) mass is 198 g/mol. The third-order valence-corrected chi connectivity index (χ3v) is 2.30. The molecule has 0 saturated carbocycles. The lowest BCUT2D eigenvalue weighted by Crippen LogP contribution is -2.05. The van der Waals surface area contributed by atoms with Crippen molar-refractivity contribution in [2.24, 2.45) is 0 Å².